The Morgan fingerprint density at radius 2 is 2.47 bits per heavy atom. The predicted molar refractivity (Wildman–Crippen MR) is 68.5 cm³/mol. The Kier molecular flexibility index (Phi) is 4.15. The zero-order valence-corrected chi connectivity index (χ0v) is 11.0. The SMILES string of the molecule is CCO[C@H]1CN(C)C[C@@H]1NC(=O)c1ccsc1. The molecule has 0 bridgehead atoms. The van der Waals surface area contributed by atoms with Crippen LogP contribution in [0.2, 0.25) is 0 Å². The lowest BCUT2D eigenvalue weighted by Crippen LogP contribution is -2.43. The number of carbonyl (C=O) groups is 1. The van der Waals surface area contributed by atoms with Crippen LogP contribution in [0.15, 0.2) is 16.8 Å². The summed E-state index contributed by atoms with van der Waals surface area (Å²) >= 11 is 1.53. The molecule has 0 saturated carbocycles. The van der Waals surface area contributed by atoms with Crippen LogP contribution < -0.4 is 5.32 Å². The van der Waals surface area contributed by atoms with Crippen molar-refractivity contribution in [3.63, 3.8) is 0 Å². The van der Waals surface area contributed by atoms with E-state index in [2.05, 4.69) is 10.2 Å². The number of hydrogen-bond acceptors (Lipinski definition) is 4. The third-order valence-electron chi connectivity index (χ3n) is 2.93. The first-order chi connectivity index (χ1) is 8.20. The van der Waals surface area contributed by atoms with Crippen LogP contribution in [0.5, 0.6) is 0 Å². The van der Waals surface area contributed by atoms with Crippen molar-refractivity contribution in [2.24, 2.45) is 0 Å². The number of likely N-dealkylation sites (N-methyl/N-ethyl adjacent to an activating group) is 1. The normalized spacial score (nSPS) is 25.1. The molecule has 1 aliphatic heterocycles. The van der Waals surface area contributed by atoms with Crippen molar-refractivity contribution < 1.29 is 9.53 Å². The summed E-state index contributed by atoms with van der Waals surface area (Å²) in [7, 11) is 2.04. The van der Waals surface area contributed by atoms with Gasteiger partial charge in [0.1, 0.15) is 0 Å². The van der Waals surface area contributed by atoms with Gasteiger partial charge in [0.25, 0.3) is 5.91 Å². The predicted octanol–water partition coefficient (Wildman–Crippen LogP) is 1.20. The minimum absolute atomic E-state index is 0.00347. The van der Waals surface area contributed by atoms with Crippen LogP contribution in [0.25, 0.3) is 0 Å². The molecule has 5 heteroatoms. The van der Waals surface area contributed by atoms with Crippen LogP contribution in [0.1, 0.15) is 17.3 Å². The molecule has 1 fully saturated rings. The molecular weight excluding hydrogens is 236 g/mol. The van der Waals surface area contributed by atoms with E-state index in [0.717, 1.165) is 18.7 Å². The fourth-order valence-corrected chi connectivity index (χ4v) is 2.77. The summed E-state index contributed by atoms with van der Waals surface area (Å²) < 4.78 is 5.65. The molecule has 0 aromatic carbocycles. The van der Waals surface area contributed by atoms with Gasteiger partial charge in [-0.15, -0.1) is 0 Å². The molecule has 2 rings (SSSR count). The molecule has 94 valence electrons. The van der Waals surface area contributed by atoms with Gasteiger partial charge < -0.3 is 15.0 Å². The second-order valence-electron chi connectivity index (χ2n) is 4.31. The molecule has 17 heavy (non-hydrogen) atoms. The Bertz CT molecular complexity index is 367. The second-order valence-corrected chi connectivity index (χ2v) is 5.09. The van der Waals surface area contributed by atoms with E-state index in [-0.39, 0.29) is 18.1 Å². The van der Waals surface area contributed by atoms with Gasteiger partial charge in [0.2, 0.25) is 0 Å². The van der Waals surface area contributed by atoms with Gasteiger partial charge >= 0.3 is 0 Å². The van der Waals surface area contributed by atoms with E-state index in [0.29, 0.717) is 6.61 Å². The molecule has 1 aliphatic rings. The van der Waals surface area contributed by atoms with Gasteiger partial charge in [-0.3, -0.25) is 4.79 Å². The van der Waals surface area contributed by atoms with Crippen molar-refractivity contribution in [2.75, 3.05) is 26.7 Å². The zero-order chi connectivity index (χ0) is 12.3. The van der Waals surface area contributed by atoms with Gasteiger partial charge in [0.05, 0.1) is 12.1 Å². The number of nitrogens with zero attached hydrogens (tertiary/aromatic N) is 1. The highest BCUT2D eigenvalue weighted by atomic mass is 32.1. The summed E-state index contributed by atoms with van der Waals surface area (Å²) in [6.45, 7) is 4.39. The van der Waals surface area contributed by atoms with E-state index < -0.39 is 0 Å². The van der Waals surface area contributed by atoms with Crippen LogP contribution >= 0.6 is 11.3 Å². The molecule has 0 radical (unpaired) electrons. The lowest BCUT2D eigenvalue weighted by molar-refractivity contribution is 0.0513. The van der Waals surface area contributed by atoms with Crippen molar-refractivity contribution >= 4 is 17.2 Å². The number of nitrogens with one attached hydrogen (secondary N) is 1. The number of rotatable bonds is 4. The quantitative estimate of drug-likeness (QED) is 0.878. The maximum atomic E-state index is 11.9. The molecule has 1 N–H and O–H groups in total. The summed E-state index contributed by atoms with van der Waals surface area (Å²) in [5.74, 6) is -0.00347. The van der Waals surface area contributed by atoms with Crippen LogP contribution in [-0.4, -0.2) is 49.7 Å². The Hall–Kier alpha value is -0.910. The van der Waals surface area contributed by atoms with E-state index in [9.17, 15) is 4.79 Å². The fraction of sp³-hybridized carbons (Fsp3) is 0.583. The highest BCUT2D eigenvalue weighted by molar-refractivity contribution is 7.08. The zero-order valence-electron chi connectivity index (χ0n) is 10.2. The monoisotopic (exact) mass is 254 g/mol. The fourth-order valence-electron chi connectivity index (χ4n) is 2.13. The number of hydrogen-bond donors (Lipinski definition) is 1. The van der Waals surface area contributed by atoms with Gasteiger partial charge in [0, 0.05) is 30.6 Å². The lowest BCUT2D eigenvalue weighted by Gasteiger charge is -2.19. The maximum absolute atomic E-state index is 11.9. The molecule has 1 saturated heterocycles. The van der Waals surface area contributed by atoms with E-state index in [1.165, 1.54) is 11.3 Å². The first kappa shape index (κ1) is 12.5. The Labute approximate surface area is 106 Å². The average molecular weight is 254 g/mol. The van der Waals surface area contributed by atoms with Gasteiger partial charge in [-0.1, -0.05) is 0 Å². The molecule has 2 atom stereocenters. The average Bonchev–Trinajstić information content (AvgIpc) is 2.89. The first-order valence-corrected chi connectivity index (χ1v) is 6.78. The van der Waals surface area contributed by atoms with Crippen LogP contribution in [0.4, 0.5) is 0 Å². The molecule has 0 spiro atoms. The Morgan fingerprint density at radius 1 is 1.65 bits per heavy atom. The van der Waals surface area contributed by atoms with Crippen LogP contribution in [0, 0.1) is 0 Å². The van der Waals surface area contributed by atoms with Gasteiger partial charge in [-0.2, -0.15) is 11.3 Å². The molecule has 0 unspecified atom stereocenters. The number of carbonyl (C=O) groups excluding carboxylic acids is 1. The minimum atomic E-state index is -0.00347. The van der Waals surface area contributed by atoms with Crippen molar-refractivity contribution in [3.05, 3.63) is 22.4 Å². The number of likely N-dealkylation sites (tertiary alicyclic amines) is 1. The van der Waals surface area contributed by atoms with E-state index in [1.54, 1.807) is 0 Å². The third-order valence-corrected chi connectivity index (χ3v) is 3.61. The molecule has 1 aromatic rings. The molecular formula is C12H18N2O2S. The van der Waals surface area contributed by atoms with Gasteiger partial charge in [-0.05, 0) is 25.4 Å². The van der Waals surface area contributed by atoms with Crippen molar-refractivity contribution in [2.45, 2.75) is 19.1 Å². The van der Waals surface area contributed by atoms with Gasteiger partial charge in [-0.25, -0.2) is 0 Å². The molecule has 0 aliphatic carbocycles. The number of amides is 1. The molecule has 2 heterocycles. The lowest BCUT2D eigenvalue weighted by atomic mass is 10.2. The first-order valence-electron chi connectivity index (χ1n) is 5.84. The summed E-state index contributed by atoms with van der Waals surface area (Å²) in [6, 6.07) is 1.93. The van der Waals surface area contributed by atoms with Crippen molar-refractivity contribution in [1.82, 2.24) is 10.2 Å². The highest BCUT2D eigenvalue weighted by Gasteiger charge is 2.32. The number of thiophene rings is 1. The van der Waals surface area contributed by atoms with Crippen LogP contribution in [0.3, 0.4) is 0 Å². The summed E-state index contributed by atoms with van der Waals surface area (Å²) in [5.41, 5.74) is 0.736. The molecule has 4 nitrogen and oxygen atoms in total. The largest absolute Gasteiger partial charge is 0.375 e. The topological polar surface area (TPSA) is 41.6 Å². The molecule has 1 amide bonds. The van der Waals surface area contributed by atoms with Crippen LogP contribution in [-0.2, 0) is 4.74 Å². The second kappa shape index (κ2) is 5.62. The third kappa shape index (κ3) is 3.06. The van der Waals surface area contributed by atoms with Crippen molar-refractivity contribution in [1.29, 1.82) is 0 Å². The highest BCUT2D eigenvalue weighted by Crippen LogP contribution is 2.13. The van der Waals surface area contributed by atoms with E-state index in [1.807, 2.05) is 30.8 Å². The summed E-state index contributed by atoms with van der Waals surface area (Å²) in [5, 5.41) is 6.82. The Morgan fingerprint density at radius 3 is 3.12 bits per heavy atom. The summed E-state index contributed by atoms with van der Waals surface area (Å²) in [6.07, 6.45) is 0.104. The van der Waals surface area contributed by atoms with Gasteiger partial charge in [0.15, 0.2) is 0 Å². The maximum Gasteiger partial charge on any atom is 0.252 e. The van der Waals surface area contributed by atoms with Crippen molar-refractivity contribution in [3.8, 4) is 0 Å². The Balaban J connectivity index is 1.95. The molecule has 1 aromatic heterocycles. The standard InChI is InChI=1S/C12H18N2O2S/c1-3-16-11-7-14(2)6-10(11)13-12(15)9-4-5-17-8-9/h4-5,8,10-11H,3,6-7H2,1-2H3,(H,13,15)/t10-,11-/m0/s1. The van der Waals surface area contributed by atoms with E-state index in [4.69, 9.17) is 4.74 Å². The van der Waals surface area contributed by atoms with E-state index >= 15 is 0 Å². The summed E-state index contributed by atoms with van der Waals surface area (Å²) in [4.78, 5) is 14.1. The minimum Gasteiger partial charge on any atom is -0.375 e. The number of ether oxygens (including phenoxy) is 1. The smallest absolute Gasteiger partial charge is 0.252 e.